The minimum Gasteiger partial charge on any atom is -0.544 e. The smallest absolute Gasteiger partial charge is 0.270 e. The number of carbonyl (C=O) groups is 1. The SMILES string of the molecule is Cc1cc(S(=O)(=O)Cl)sc1C(=O)[O-]. The number of aromatic carboxylic acids is 1. The first kappa shape index (κ1) is 10.5. The third-order valence-corrected chi connectivity index (χ3v) is 4.61. The molecule has 0 unspecified atom stereocenters. The van der Waals surface area contributed by atoms with Gasteiger partial charge in [-0.05, 0) is 18.6 Å². The molecule has 0 saturated carbocycles. The Morgan fingerprint density at radius 2 is 2.15 bits per heavy atom. The molecule has 0 aliphatic rings. The number of aryl methyl sites for hydroxylation is 1. The summed E-state index contributed by atoms with van der Waals surface area (Å²) in [6.45, 7) is 1.48. The van der Waals surface area contributed by atoms with Gasteiger partial charge in [0.05, 0.1) is 10.8 Å². The Morgan fingerprint density at radius 3 is 2.38 bits per heavy atom. The third kappa shape index (κ3) is 2.20. The quantitative estimate of drug-likeness (QED) is 0.698. The largest absolute Gasteiger partial charge is 0.544 e. The predicted octanol–water partition coefficient (Wildman–Crippen LogP) is 0.348. The molecule has 0 radical (unpaired) electrons. The first-order valence-electron chi connectivity index (χ1n) is 3.09. The van der Waals surface area contributed by atoms with Crippen molar-refractivity contribution in [1.29, 1.82) is 0 Å². The van der Waals surface area contributed by atoms with Crippen molar-refractivity contribution < 1.29 is 18.3 Å². The number of halogens is 1. The summed E-state index contributed by atoms with van der Waals surface area (Å²) in [5.41, 5.74) is 0.337. The average Bonchev–Trinajstić information content (AvgIpc) is 2.29. The fourth-order valence-corrected chi connectivity index (χ4v) is 2.90. The first-order valence-corrected chi connectivity index (χ1v) is 6.21. The van der Waals surface area contributed by atoms with Gasteiger partial charge in [-0.3, -0.25) is 0 Å². The molecule has 1 rings (SSSR count). The minimum atomic E-state index is -3.84. The zero-order chi connectivity index (χ0) is 10.2. The normalized spacial score (nSPS) is 11.5. The van der Waals surface area contributed by atoms with Crippen LogP contribution in [0.5, 0.6) is 0 Å². The van der Waals surface area contributed by atoms with E-state index in [0.717, 1.165) is 0 Å². The molecule has 0 atom stereocenters. The Balaban J connectivity index is 3.33. The highest BCUT2D eigenvalue weighted by Gasteiger charge is 2.16. The molecule has 1 aromatic heterocycles. The van der Waals surface area contributed by atoms with Crippen molar-refractivity contribution in [3.05, 3.63) is 16.5 Å². The highest BCUT2D eigenvalue weighted by atomic mass is 35.7. The number of carboxylic acids is 1. The van der Waals surface area contributed by atoms with Crippen molar-refractivity contribution in [2.24, 2.45) is 0 Å². The summed E-state index contributed by atoms with van der Waals surface area (Å²) in [6, 6.07) is 1.21. The summed E-state index contributed by atoms with van der Waals surface area (Å²) in [6.07, 6.45) is 0. The van der Waals surface area contributed by atoms with Gasteiger partial charge in [0.15, 0.2) is 0 Å². The number of carbonyl (C=O) groups excluding carboxylic acids is 1. The van der Waals surface area contributed by atoms with Gasteiger partial charge >= 0.3 is 0 Å². The summed E-state index contributed by atoms with van der Waals surface area (Å²) in [7, 11) is 1.18. The predicted molar refractivity (Wildman–Crippen MR) is 46.4 cm³/mol. The van der Waals surface area contributed by atoms with Crippen molar-refractivity contribution in [3.8, 4) is 0 Å². The molecule has 72 valence electrons. The lowest BCUT2D eigenvalue weighted by atomic mass is 10.3. The van der Waals surface area contributed by atoms with E-state index in [9.17, 15) is 18.3 Å². The molecule has 7 heteroatoms. The average molecular weight is 240 g/mol. The van der Waals surface area contributed by atoms with E-state index in [-0.39, 0.29) is 9.09 Å². The van der Waals surface area contributed by atoms with Crippen LogP contribution in [0.3, 0.4) is 0 Å². The number of thiophene rings is 1. The van der Waals surface area contributed by atoms with Crippen LogP contribution in [0.15, 0.2) is 10.3 Å². The number of hydrogen-bond acceptors (Lipinski definition) is 5. The van der Waals surface area contributed by atoms with Crippen LogP contribution in [0.2, 0.25) is 0 Å². The molecule has 13 heavy (non-hydrogen) atoms. The summed E-state index contributed by atoms with van der Waals surface area (Å²) < 4.78 is 21.4. The Bertz CT molecular complexity index is 445. The van der Waals surface area contributed by atoms with Crippen LogP contribution in [0, 0.1) is 6.92 Å². The van der Waals surface area contributed by atoms with Crippen molar-refractivity contribution in [2.75, 3.05) is 0 Å². The van der Waals surface area contributed by atoms with Crippen molar-refractivity contribution >= 4 is 37.0 Å². The molecule has 0 aromatic carbocycles. The second kappa shape index (κ2) is 3.28. The molecule has 0 fully saturated rings. The van der Waals surface area contributed by atoms with Crippen LogP contribution in [0.1, 0.15) is 15.2 Å². The van der Waals surface area contributed by atoms with Gasteiger partial charge in [-0.2, -0.15) is 0 Å². The molecular weight excluding hydrogens is 236 g/mol. The minimum absolute atomic E-state index is 0.112. The summed E-state index contributed by atoms with van der Waals surface area (Å²) in [5.74, 6) is -1.39. The lowest BCUT2D eigenvalue weighted by molar-refractivity contribution is -0.254. The monoisotopic (exact) mass is 239 g/mol. The number of hydrogen-bond donors (Lipinski definition) is 0. The Kier molecular flexibility index (Phi) is 2.65. The molecule has 1 aromatic rings. The highest BCUT2D eigenvalue weighted by molar-refractivity contribution is 8.15. The molecule has 0 N–H and O–H groups in total. The molecule has 0 aliphatic carbocycles. The molecule has 0 saturated heterocycles. The van der Waals surface area contributed by atoms with E-state index >= 15 is 0 Å². The first-order chi connectivity index (χ1) is 5.82. The Hall–Kier alpha value is -0.590. The van der Waals surface area contributed by atoms with Gasteiger partial charge in [-0.15, -0.1) is 11.3 Å². The molecule has 0 amide bonds. The second-order valence-electron chi connectivity index (χ2n) is 2.30. The summed E-state index contributed by atoms with van der Waals surface area (Å²) in [4.78, 5) is 10.3. The standard InChI is InChI=1S/C6H5ClO4S2/c1-3-2-4(13(7,10)11)12-5(3)6(8)9/h2H,1H3,(H,8,9)/p-1. The fourth-order valence-electron chi connectivity index (χ4n) is 0.776. The van der Waals surface area contributed by atoms with Gasteiger partial charge in [0.2, 0.25) is 0 Å². The van der Waals surface area contributed by atoms with E-state index in [1.54, 1.807) is 0 Å². The maximum Gasteiger partial charge on any atom is 0.270 e. The van der Waals surface area contributed by atoms with Crippen LogP contribution in [-0.2, 0) is 9.05 Å². The topological polar surface area (TPSA) is 74.3 Å². The number of carboxylic acid groups (broad SMARTS) is 1. The zero-order valence-corrected chi connectivity index (χ0v) is 8.79. The van der Waals surface area contributed by atoms with E-state index in [1.807, 2.05) is 0 Å². The number of rotatable bonds is 2. The lowest BCUT2D eigenvalue weighted by Gasteiger charge is -1.96. The molecule has 1 heterocycles. The van der Waals surface area contributed by atoms with Crippen LogP contribution < -0.4 is 5.11 Å². The second-order valence-corrected chi connectivity index (χ2v) is 6.15. The van der Waals surface area contributed by atoms with Crippen LogP contribution in [0.25, 0.3) is 0 Å². The van der Waals surface area contributed by atoms with Crippen LogP contribution in [0.4, 0.5) is 0 Å². The van der Waals surface area contributed by atoms with E-state index < -0.39 is 15.0 Å². The maximum absolute atomic E-state index is 10.8. The van der Waals surface area contributed by atoms with Crippen LogP contribution >= 0.6 is 22.0 Å². The molecule has 4 nitrogen and oxygen atoms in total. The lowest BCUT2D eigenvalue weighted by Crippen LogP contribution is -2.21. The molecule has 0 bridgehead atoms. The Labute approximate surface area is 83.2 Å². The molecule has 0 aliphatic heterocycles. The summed E-state index contributed by atoms with van der Waals surface area (Å²) in [5, 5.41) is 10.4. The van der Waals surface area contributed by atoms with Gasteiger partial charge in [-0.25, -0.2) is 8.42 Å². The van der Waals surface area contributed by atoms with E-state index in [2.05, 4.69) is 0 Å². The molecule has 0 spiro atoms. The van der Waals surface area contributed by atoms with Crippen LogP contribution in [-0.4, -0.2) is 14.4 Å². The highest BCUT2D eigenvalue weighted by Crippen LogP contribution is 2.27. The van der Waals surface area contributed by atoms with E-state index in [0.29, 0.717) is 16.9 Å². The van der Waals surface area contributed by atoms with Crippen molar-refractivity contribution in [2.45, 2.75) is 11.1 Å². The fraction of sp³-hybridized carbons (Fsp3) is 0.167. The van der Waals surface area contributed by atoms with Gasteiger partial charge in [-0.1, -0.05) is 0 Å². The zero-order valence-electron chi connectivity index (χ0n) is 6.40. The third-order valence-electron chi connectivity index (χ3n) is 1.32. The van der Waals surface area contributed by atoms with Gasteiger partial charge in [0, 0.05) is 10.7 Å². The van der Waals surface area contributed by atoms with E-state index in [4.69, 9.17) is 10.7 Å². The van der Waals surface area contributed by atoms with Crippen molar-refractivity contribution in [3.63, 3.8) is 0 Å². The van der Waals surface area contributed by atoms with Gasteiger partial charge in [0.25, 0.3) is 9.05 Å². The van der Waals surface area contributed by atoms with Gasteiger partial charge in [0.1, 0.15) is 4.21 Å². The molecular formula is C6H4ClO4S2-. The van der Waals surface area contributed by atoms with Crippen molar-refractivity contribution in [1.82, 2.24) is 0 Å². The van der Waals surface area contributed by atoms with Gasteiger partial charge < -0.3 is 9.90 Å². The van der Waals surface area contributed by atoms with E-state index in [1.165, 1.54) is 13.0 Å². The maximum atomic E-state index is 10.8. The summed E-state index contributed by atoms with van der Waals surface area (Å²) >= 11 is 0.593. The Morgan fingerprint density at radius 1 is 1.62 bits per heavy atom.